The molecule has 2 aromatic heterocycles. The summed E-state index contributed by atoms with van der Waals surface area (Å²) in [5.74, 6) is 0.357. The summed E-state index contributed by atoms with van der Waals surface area (Å²) in [5, 5.41) is 0. The first-order chi connectivity index (χ1) is 9.29. The highest BCUT2D eigenvalue weighted by atomic mass is 16.5. The zero-order chi connectivity index (χ0) is 13.2. The van der Waals surface area contributed by atoms with E-state index in [1.807, 2.05) is 34.9 Å². The van der Waals surface area contributed by atoms with E-state index in [2.05, 4.69) is 15.0 Å². The van der Waals surface area contributed by atoms with Crippen LogP contribution in [-0.4, -0.2) is 26.6 Å². The third kappa shape index (κ3) is 1.97. The number of benzene rings is 1. The van der Waals surface area contributed by atoms with Gasteiger partial charge in [-0.2, -0.15) is 4.98 Å². The molecule has 0 fully saturated rings. The molecule has 1 aromatic carbocycles. The predicted molar refractivity (Wildman–Crippen MR) is 71.8 cm³/mol. The van der Waals surface area contributed by atoms with Crippen molar-refractivity contribution >= 4 is 17.0 Å². The van der Waals surface area contributed by atoms with E-state index in [1.165, 1.54) is 6.33 Å². The molecule has 0 radical (unpaired) electrons. The largest absolute Gasteiger partial charge is 0.468 e. The molecule has 6 heteroatoms. The summed E-state index contributed by atoms with van der Waals surface area (Å²) < 4.78 is 7.16. The first kappa shape index (κ1) is 11.5. The smallest absolute Gasteiger partial charge is 0.298 e. The maximum Gasteiger partial charge on any atom is 0.298 e. The van der Waals surface area contributed by atoms with Crippen molar-refractivity contribution in [3.05, 3.63) is 42.2 Å². The summed E-state index contributed by atoms with van der Waals surface area (Å²) in [6.07, 6.45) is 1.43. The second-order valence-corrected chi connectivity index (χ2v) is 4.10. The van der Waals surface area contributed by atoms with E-state index >= 15 is 0 Å². The Morgan fingerprint density at radius 3 is 2.74 bits per heavy atom. The van der Waals surface area contributed by atoms with Crippen LogP contribution in [0.4, 0.5) is 5.82 Å². The van der Waals surface area contributed by atoms with Crippen LogP contribution in [0.1, 0.15) is 5.56 Å². The second kappa shape index (κ2) is 4.56. The molecular weight excluding hydrogens is 242 g/mol. The van der Waals surface area contributed by atoms with Gasteiger partial charge in [0.2, 0.25) is 0 Å². The third-order valence-corrected chi connectivity index (χ3v) is 2.89. The van der Waals surface area contributed by atoms with E-state index in [4.69, 9.17) is 10.5 Å². The highest BCUT2D eigenvalue weighted by Gasteiger charge is 2.15. The van der Waals surface area contributed by atoms with Crippen molar-refractivity contribution in [3.8, 4) is 6.01 Å². The van der Waals surface area contributed by atoms with E-state index in [-0.39, 0.29) is 0 Å². The van der Waals surface area contributed by atoms with Crippen molar-refractivity contribution in [2.75, 3.05) is 12.8 Å². The van der Waals surface area contributed by atoms with Crippen LogP contribution in [0.3, 0.4) is 0 Å². The molecule has 0 aliphatic rings. The van der Waals surface area contributed by atoms with Crippen LogP contribution in [0.5, 0.6) is 6.01 Å². The molecule has 6 nitrogen and oxygen atoms in total. The maximum atomic E-state index is 5.80. The zero-order valence-electron chi connectivity index (χ0n) is 10.4. The number of methoxy groups -OCH3 is 1. The molecule has 0 spiro atoms. The number of hydrogen-bond donors (Lipinski definition) is 1. The van der Waals surface area contributed by atoms with Crippen molar-refractivity contribution in [1.82, 2.24) is 19.5 Å². The van der Waals surface area contributed by atoms with Gasteiger partial charge in [-0.3, -0.25) is 4.57 Å². The molecule has 0 saturated heterocycles. The standard InChI is InChI=1S/C13H13N5O/c1-19-13-17-10-11(14)15-8-16-12(10)18(13)7-9-5-3-2-4-6-9/h2-6,8H,7H2,1H3,(H2,14,15,16). The van der Waals surface area contributed by atoms with Crippen molar-refractivity contribution in [3.63, 3.8) is 0 Å². The lowest BCUT2D eigenvalue weighted by Crippen LogP contribution is -2.03. The number of imidazole rings is 1. The van der Waals surface area contributed by atoms with Gasteiger partial charge in [0.15, 0.2) is 17.0 Å². The lowest BCUT2D eigenvalue weighted by atomic mass is 10.2. The summed E-state index contributed by atoms with van der Waals surface area (Å²) in [5.41, 5.74) is 8.18. The fourth-order valence-electron chi connectivity index (χ4n) is 2.00. The Balaban J connectivity index is 2.14. The molecule has 3 rings (SSSR count). The van der Waals surface area contributed by atoms with Crippen molar-refractivity contribution in [2.45, 2.75) is 6.54 Å². The van der Waals surface area contributed by atoms with Crippen molar-refractivity contribution in [1.29, 1.82) is 0 Å². The van der Waals surface area contributed by atoms with Gasteiger partial charge in [0.05, 0.1) is 13.7 Å². The molecular formula is C13H13N5O. The van der Waals surface area contributed by atoms with Gasteiger partial charge in [0.1, 0.15) is 6.33 Å². The normalized spacial score (nSPS) is 10.8. The van der Waals surface area contributed by atoms with Gasteiger partial charge in [-0.05, 0) is 5.56 Å². The number of nitrogens with two attached hydrogens (primary N) is 1. The molecule has 0 amide bonds. The molecule has 96 valence electrons. The Morgan fingerprint density at radius 2 is 2.00 bits per heavy atom. The number of rotatable bonds is 3. The predicted octanol–water partition coefficient (Wildman–Crippen LogP) is 1.47. The Hall–Kier alpha value is -2.63. The van der Waals surface area contributed by atoms with Crippen LogP contribution in [-0.2, 0) is 6.54 Å². The average Bonchev–Trinajstić information content (AvgIpc) is 2.80. The lowest BCUT2D eigenvalue weighted by molar-refractivity contribution is 0.363. The molecule has 3 aromatic rings. The van der Waals surface area contributed by atoms with Gasteiger partial charge in [-0.15, -0.1) is 0 Å². The van der Waals surface area contributed by atoms with Crippen LogP contribution in [0.25, 0.3) is 11.2 Å². The highest BCUT2D eigenvalue weighted by molar-refractivity contribution is 5.82. The van der Waals surface area contributed by atoms with Crippen molar-refractivity contribution < 1.29 is 4.74 Å². The number of fused-ring (bicyclic) bond motifs is 1. The Kier molecular flexibility index (Phi) is 2.75. The SMILES string of the molecule is COc1nc2c(N)ncnc2n1Cc1ccccc1. The van der Waals surface area contributed by atoms with E-state index in [0.29, 0.717) is 29.5 Å². The number of nitrogen functional groups attached to an aromatic ring is 1. The van der Waals surface area contributed by atoms with Crippen LogP contribution in [0.2, 0.25) is 0 Å². The van der Waals surface area contributed by atoms with Gasteiger partial charge < -0.3 is 10.5 Å². The van der Waals surface area contributed by atoms with Crippen LogP contribution in [0, 0.1) is 0 Å². The molecule has 0 aliphatic heterocycles. The molecule has 2 N–H and O–H groups in total. The molecule has 0 unspecified atom stereocenters. The molecule has 2 heterocycles. The maximum absolute atomic E-state index is 5.80. The summed E-state index contributed by atoms with van der Waals surface area (Å²) in [6.45, 7) is 0.622. The zero-order valence-corrected chi connectivity index (χ0v) is 10.4. The number of ether oxygens (including phenoxy) is 1. The van der Waals surface area contributed by atoms with E-state index in [0.717, 1.165) is 5.56 Å². The lowest BCUT2D eigenvalue weighted by Gasteiger charge is -2.06. The van der Waals surface area contributed by atoms with Gasteiger partial charge in [-0.1, -0.05) is 30.3 Å². The number of aromatic nitrogens is 4. The fourth-order valence-corrected chi connectivity index (χ4v) is 2.00. The number of hydrogen-bond acceptors (Lipinski definition) is 5. The minimum atomic E-state index is 0.357. The topological polar surface area (TPSA) is 78.8 Å². The number of nitrogens with zero attached hydrogens (tertiary/aromatic N) is 4. The average molecular weight is 255 g/mol. The molecule has 0 bridgehead atoms. The third-order valence-electron chi connectivity index (χ3n) is 2.89. The van der Waals surface area contributed by atoms with E-state index in [1.54, 1.807) is 7.11 Å². The fraction of sp³-hybridized carbons (Fsp3) is 0.154. The monoisotopic (exact) mass is 255 g/mol. The first-order valence-corrected chi connectivity index (χ1v) is 5.84. The first-order valence-electron chi connectivity index (χ1n) is 5.84. The second-order valence-electron chi connectivity index (χ2n) is 4.10. The molecule has 19 heavy (non-hydrogen) atoms. The Morgan fingerprint density at radius 1 is 1.21 bits per heavy atom. The quantitative estimate of drug-likeness (QED) is 0.766. The minimum absolute atomic E-state index is 0.357. The van der Waals surface area contributed by atoms with E-state index < -0.39 is 0 Å². The minimum Gasteiger partial charge on any atom is -0.468 e. The summed E-state index contributed by atoms with van der Waals surface area (Å²) in [4.78, 5) is 12.5. The molecule has 0 saturated carbocycles. The van der Waals surface area contributed by atoms with Gasteiger partial charge >= 0.3 is 0 Å². The molecule has 0 atom stereocenters. The summed E-state index contributed by atoms with van der Waals surface area (Å²) >= 11 is 0. The van der Waals surface area contributed by atoms with Crippen LogP contribution >= 0.6 is 0 Å². The van der Waals surface area contributed by atoms with Gasteiger partial charge in [0, 0.05) is 0 Å². The van der Waals surface area contributed by atoms with Crippen LogP contribution < -0.4 is 10.5 Å². The Labute approximate surface area is 109 Å². The highest BCUT2D eigenvalue weighted by Crippen LogP contribution is 2.23. The van der Waals surface area contributed by atoms with E-state index in [9.17, 15) is 0 Å². The number of anilines is 1. The van der Waals surface area contributed by atoms with Crippen LogP contribution in [0.15, 0.2) is 36.7 Å². The summed E-state index contributed by atoms with van der Waals surface area (Å²) in [7, 11) is 1.58. The molecule has 0 aliphatic carbocycles. The summed E-state index contributed by atoms with van der Waals surface area (Å²) in [6, 6.07) is 10.5. The van der Waals surface area contributed by atoms with Gasteiger partial charge in [0.25, 0.3) is 6.01 Å². The Bertz CT molecular complexity index is 708. The van der Waals surface area contributed by atoms with Gasteiger partial charge in [-0.25, -0.2) is 9.97 Å². The van der Waals surface area contributed by atoms with Crippen molar-refractivity contribution in [2.24, 2.45) is 0 Å².